The number of halogens is 2. The van der Waals surface area contributed by atoms with E-state index in [1.807, 2.05) is 0 Å². The second kappa shape index (κ2) is 5.06. The average Bonchev–Trinajstić information content (AvgIpc) is 2.41. The average molecular weight is 247 g/mol. The highest BCUT2D eigenvalue weighted by Gasteiger charge is 2.21. The minimum atomic E-state index is -0.998. The number of carbonyl (C=O) groups is 1. The van der Waals surface area contributed by atoms with Crippen molar-refractivity contribution in [2.75, 3.05) is 0 Å². The van der Waals surface area contributed by atoms with Gasteiger partial charge >= 0.3 is 0 Å². The molecule has 0 aromatic heterocycles. The highest BCUT2D eigenvalue weighted by Crippen LogP contribution is 2.19. The molecule has 0 saturated heterocycles. The second-order valence-electron chi connectivity index (χ2n) is 3.88. The lowest BCUT2D eigenvalue weighted by molar-refractivity contribution is 0.0957. The van der Waals surface area contributed by atoms with Crippen LogP contribution in [-0.2, 0) is 0 Å². The van der Waals surface area contributed by atoms with E-state index >= 15 is 0 Å². The topological polar surface area (TPSA) is 43.1 Å². The van der Waals surface area contributed by atoms with Gasteiger partial charge in [-0.15, -0.1) is 0 Å². The van der Waals surface area contributed by atoms with Crippen molar-refractivity contribution in [2.24, 2.45) is 5.73 Å². The Bertz CT molecular complexity index is 569. The van der Waals surface area contributed by atoms with Crippen LogP contribution < -0.4 is 5.73 Å². The zero-order valence-electron chi connectivity index (χ0n) is 9.44. The highest BCUT2D eigenvalue weighted by atomic mass is 19.1. The van der Waals surface area contributed by atoms with E-state index in [0.29, 0.717) is 5.56 Å². The largest absolute Gasteiger partial charge is 0.318 e. The molecule has 1 unspecified atom stereocenters. The molecule has 0 amide bonds. The van der Waals surface area contributed by atoms with Crippen molar-refractivity contribution in [1.82, 2.24) is 0 Å². The molecule has 0 heterocycles. The summed E-state index contributed by atoms with van der Waals surface area (Å²) < 4.78 is 26.5. The van der Waals surface area contributed by atoms with Gasteiger partial charge in [0.05, 0.1) is 11.6 Å². The summed E-state index contributed by atoms with van der Waals surface area (Å²) in [6.07, 6.45) is 0. The molecule has 0 bridgehead atoms. The summed E-state index contributed by atoms with van der Waals surface area (Å²) in [5.74, 6) is -2.08. The first-order valence-corrected chi connectivity index (χ1v) is 5.39. The summed E-state index contributed by atoms with van der Waals surface area (Å²) >= 11 is 0. The molecule has 0 fully saturated rings. The van der Waals surface area contributed by atoms with E-state index in [1.165, 1.54) is 0 Å². The van der Waals surface area contributed by atoms with Gasteiger partial charge < -0.3 is 5.73 Å². The Morgan fingerprint density at radius 2 is 1.72 bits per heavy atom. The van der Waals surface area contributed by atoms with Crippen LogP contribution in [0.1, 0.15) is 22.0 Å². The quantitative estimate of drug-likeness (QED) is 0.847. The predicted octanol–water partition coefficient (Wildman–Crippen LogP) is 2.85. The number of benzene rings is 2. The maximum atomic E-state index is 13.5. The van der Waals surface area contributed by atoms with Crippen LogP contribution in [0.15, 0.2) is 48.5 Å². The van der Waals surface area contributed by atoms with Gasteiger partial charge in [-0.05, 0) is 23.8 Å². The molecule has 0 spiro atoms. The lowest BCUT2D eigenvalue weighted by atomic mass is 9.98. The fourth-order valence-electron chi connectivity index (χ4n) is 1.67. The molecule has 0 saturated carbocycles. The first-order chi connectivity index (χ1) is 8.59. The van der Waals surface area contributed by atoms with Crippen LogP contribution in [-0.4, -0.2) is 5.78 Å². The van der Waals surface area contributed by atoms with Crippen LogP contribution >= 0.6 is 0 Å². The third-order valence-electron chi connectivity index (χ3n) is 2.64. The molecule has 4 heteroatoms. The van der Waals surface area contributed by atoms with Gasteiger partial charge in [-0.25, -0.2) is 8.78 Å². The number of hydrogen-bond acceptors (Lipinski definition) is 2. The third-order valence-corrected chi connectivity index (χ3v) is 2.64. The minimum absolute atomic E-state index is 0.327. The van der Waals surface area contributed by atoms with Gasteiger partial charge in [0.1, 0.15) is 11.6 Å². The van der Waals surface area contributed by atoms with Crippen LogP contribution in [0.3, 0.4) is 0 Å². The summed E-state index contributed by atoms with van der Waals surface area (Å²) in [6, 6.07) is 10.3. The van der Waals surface area contributed by atoms with Gasteiger partial charge in [-0.2, -0.15) is 0 Å². The molecule has 0 radical (unpaired) electrons. The Balaban J connectivity index is 2.34. The van der Waals surface area contributed by atoms with E-state index in [1.54, 1.807) is 30.3 Å². The van der Waals surface area contributed by atoms with E-state index in [-0.39, 0.29) is 5.56 Å². The summed E-state index contributed by atoms with van der Waals surface area (Å²) in [5.41, 5.74) is 5.98. The van der Waals surface area contributed by atoms with Crippen molar-refractivity contribution in [3.63, 3.8) is 0 Å². The second-order valence-corrected chi connectivity index (χ2v) is 3.88. The molecular weight excluding hydrogens is 236 g/mol. The standard InChI is InChI=1S/C14H11F2NO/c15-10-6-7-12(16)11(8-10)14(18)13(17)9-4-2-1-3-5-9/h1-8,13H,17H2. The first-order valence-electron chi connectivity index (χ1n) is 5.39. The molecular formula is C14H11F2NO. The number of ketones is 1. The predicted molar refractivity (Wildman–Crippen MR) is 64.1 cm³/mol. The van der Waals surface area contributed by atoms with Gasteiger partial charge in [0.2, 0.25) is 0 Å². The smallest absolute Gasteiger partial charge is 0.187 e. The van der Waals surface area contributed by atoms with Crippen molar-refractivity contribution in [3.8, 4) is 0 Å². The normalized spacial score (nSPS) is 12.2. The maximum Gasteiger partial charge on any atom is 0.187 e. The lowest BCUT2D eigenvalue weighted by Crippen LogP contribution is -2.22. The van der Waals surface area contributed by atoms with Gasteiger partial charge in [0, 0.05) is 0 Å². The van der Waals surface area contributed by atoms with E-state index in [9.17, 15) is 13.6 Å². The molecule has 0 aliphatic carbocycles. The van der Waals surface area contributed by atoms with Crippen LogP contribution in [0.4, 0.5) is 8.78 Å². The molecule has 0 aliphatic heterocycles. The van der Waals surface area contributed by atoms with Crippen LogP contribution in [0.25, 0.3) is 0 Å². The number of nitrogens with two attached hydrogens (primary N) is 1. The maximum absolute atomic E-state index is 13.5. The van der Waals surface area contributed by atoms with Crippen molar-refractivity contribution < 1.29 is 13.6 Å². The zero-order valence-corrected chi connectivity index (χ0v) is 9.44. The Labute approximate surface area is 103 Å². The molecule has 18 heavy (non-hydrogen) atoms. The summed E-state index contributed by atoms with van der Waals surface area (Å²) in [4.78, 5) is 12.0. The van der Waals surface area contributed by atoms with Crippen molar-refractivity contribution in [2.45, 2.75) is 6.04 Å². The van der Waals surface area contributed by atoms with E-state index < -0.39 is 23.5 Å². The lowest BCUT2D eigenvalue weighted by Gasteiger charge is -2.11. The summed E-state index contributed by atoms with van der Waals surface area (Å²) in [6.45, 7) is 0. The Hall–Kier alpha value is -2.07. The van der Waals surface area contributed by atoms with E-state index in [0.717, 1.165) is 18.2 Å². The molecule has 2 nitrogen and oxygen atoms in total. The highest BCUT2D eigenvalue weighted by molar-refractivity contribution is 6.00. The Kier molecular flexibility index (Phi) is 3.48. The van der Waals surface area contributed by atoms with Crippen LogP contribution in [0.5, 0.6) is 0 Å². The minimum Gasteiger partial charge on any atom is -0.318 e. The van der Waals surface area contributed by atoms with Gasteiger partial charge in [-0.1, -0.05) is 30.3 Å². The number of rotatable bonds is 3. The first kappa shape index (κ1) is 12.4. The third kappa shape index (κ3) is 2.43. The van der Waals surface area contributed by atoms with Gasteiger partial charge in [0.25, 0.3) is 0 Å². The summed E-state index contributed by atoms with van der Waals surface area (Å²) in [5, 5.41) is 0. The van der Waals surface area contributed by atoms with Gasteiger partial charge in [-0.3, -0.25) is 4.79 Å². The fraction of sp³-hybridized carbons (Fsp3) is 0.0714. The van der Waals surface area contributed by atoms with Gasteiger partial charge in [0.15, 0.2) is 5.78 Å². The van der Waals surface area contributed by atoms with Crippen LogP contribution in [0, 0.1) is 11.6 Å². The van der Waals surface area contributed by atoms with Crippen molar-refractivity contribution in [1.29, 1.82) is 0 Å². The van der Waals surface area contributed by atoms with Crippen LogP contribution in [0.2, 0.25) is 0 Å². The molecule has 2 aromatic carbocycles. The molecule has 2 aromatic rings. The summed E-state index contributed by atoms with van der Waals surface area (Å²) in [7, 11) is 0. The van der Waals surface area contributed by atoms with Crippen molar-refractivity contribution >= 4 is 5.78 Å². The number of Topliss-reactive ketones (excluding diaryl/α,β-unsaturated/α-hetero) is 1. The Morgan fingerprint density at radius 3 is 2.39 bits per heavy atom. The number of hydrogen-bond donors (Lipinski definition) is 1. The number of carbonyl (C=O) groups excluding carboxylic acids is 1. The SMILES string of the molecule is NC(C(=O)c1cc(F)ccc1F)c1ccccc1. The fourth-order valence-corrected chi connectivity index (χ4v) is 1.67. The molecule has 1 atom stereocenters. The molecule has 2 rings (SSSR count). The molecule has 92 valence electrons. The zero-order chi connectivity index (χ0) is 13.1. The van der Waals surface area contributed by atoms with E-state index in [4.69, 9.17) is 5.73 Å². The van der Waals surface area contributed by atoms with Crippen molar-refractivity contribution in [3.05, 3.63) is 71.3 Å². The molecule has 2 N–H and O–H groups in total. The monoisotopic (exact) mass is 247 g/mol. The van der Waals surface area contributed by atoms with E-state index in [2.05, 4.69) is 0 Å². The Morgan fingerprint density at radius 1 is 1.06 bits per heavy atom. The molecule has 0 aliphatic rings.